The van der Waals surface area contributed by atoms with Crippen molar-refractivity contribution in [1.29, 1.82) is 0 Å². The maximum atomic E-state index is 16.4. The molecule has 3 fully saturated rings. The van der Waals surface area contributed by atoms with E-state index >= 15 is 8.78 Å². The second-order valence-electron chi connectivity index (χ2n) is 13.1. The molecule has 3 unspecified atom stereocenters. The van der Waals surface area contributed by atoms with Gasteiger partial charge in [-0.25, -0.2) is 42.5 Å². The van der Waals surface area contributed by atoms with E-state index in [1.54, 1.807) is 0 Å². The number of aromatic nitrogens is 6. The molecule has 0 saturated carbocycles. The highest BCUT2D eigenvalue weighted by Crippen LogP contribution is 2.65. The number of nitrogens with zero attached hydrogens (tertiary/aromatic N) is 5. The number of nitrogen functional groups attached to an aromatic ring is 1. The summed E-state index contributed by atoms with van der Waals surface area (Å²) in [5.74, 6) is -0.776. The van der Waals surface area contributed by atoms with Gasteiger partial charge in [0, 0.05) is 18.0 Å². The highest BCUT2D eigenvalue weighted by Gasteiger charge is 2.55. The van der Waals surface area contributed by atoms with Crippen LogP contribution in [0.15, 0.2) is 83.0 Å². The number of nitrogens with two attached hydrogens (primary N) is 1. The molecule has 0 aliphatic carbocycles. The molecule has 6 heterocycles. The molecular weight excluding hydrogens is 850 g/mol. The predicted molar refractivity (Wildman–Crippen MR) is 199 cm³/mol. The first-order valence-electron chi connectivity index (χ1n) is 17.3. The first kappa shape index (κ1) is 40.9. The van der Waals surface area contributed by atoms with Gasteiger partial charge < -0.3 is 29.9 Å². The van der Waals surface area contributed by atoms with Gasteiger partial charge in [-0.15, -0.1) is 0 Å². The summed E-state index contributed by atoms with van der Waals surface area (Å²) in [5.41, 5.74) is 4.83. The zero-order chi connectivity index (χ0) is 41.6. The number of hydrogen-bond donors (Lipinski definition) is 4. The van der Waals surface area contributed by atoms with Crippen LogP contribution in [0.4, 0.5) is 14.6 Å². The van der Waals surface area contributed by atoms with Gasteiger partial charge >= 0.3 is 26.3 Å². The van der Waals surface area contributed by atoms with Crippen molar-refractivity contribution in [2.45, 2.75) is 55.0 Å². The van der Waals surface area contributed by atoms with Crippen LogP contribution < -0.4 is 21.7 Å². The number of carbonyl (C=O) groups is 1. The summed E-state index contributed by atoms with van der Waals surface area (Å²) >= 11 is 0.548. The number of carbonyl (C=O) groups excluding carboxylic acids is 1. The Morgan fingerprint density at radius 3 is 2.39 bits per heavy atom. The Labute approximate surface area is 333 Å². The summed E-state index contributed by atoms with van der Waals surface area (Å²) in [4.78, 5) is 62.0. The van der Waals surface area contributed by atoms with E-state index in [1.165, 1.54) is 48.5 Å². The number of hydrogen-bond acceptors (Lipinski definition) is 18. The van der Waals surface area contributed by atoms with Crippen LogP contribution in [-0.4, -0.2) is 95.0 Å². The van der Waals surface area contributed by atoms with E-state index in [2.05, 4.69) is 15.0 Å². The lowest BCUT2D eigenvalue weighted by Crippen LogP contribution is -2.37. The lowest BCUT2D eigenvalue weighted by molar-refractivity contribution is -0.0635. The number of ether oxygens (including phenoxy) is 3. The number of esters is 1. The smallest absolute Gasteiger partial charge is 0.472 e. The Kier molecular flexibility index (Phi) is 11.3. The van der Waals surface area contributed by atoms with Crippen LogP contribution in [-0.2, 0) is 42.5 Å². The van der Waals surface area contributed by atoms with Crippen molar-refractivity contribution in [2.24, 2.45) is 0 Å². The van der Waals surface area contributed by atoms with Gasteiger partial charge in [-0.1, -0.05) is 12.1 Å². The van der Waals surface area contributed by atoms with Crippen LogP contribution in [0.25, 0.3) is 11.2 Å². The van der Waals surface area contributed by atoms with E-state index in [4.69, 9.17) is 38.0 Å². The largest absolute Gasteiger partial charge is 0.508 e. The normalized spacial score (nSPS) is 31.2. The number of benzene rings is 2. The van der Waals surface area contributed by atoms with E-state index in [9.17, 15) is 33.5 Å². The fourth-order valence-electron chi connectivity index (χ4n) is 6.36. The molecule has 0 radical (unpaired) electrons. The minimum absolute atomic E-state index is 0.0251. The lowest BCUT2D eigenvalue weighted by atomic mass is 10.1. The molecule has 3 aromatic heterocycles. The third-order valence-electron chi connectivity index (χ3n) is 9.25. The second kappa shape index (κ2) is 16.3. The number of alkyl halides is 2. The van der Waals surface area contributed by atoms with E-state index < -0.39 is 94.3 Å². The summed E-state index contributed by atoms with van der Waals surface area (Å²) in [5, 5.41) is 9.49. The number of rotatable bonds is 7. The number of phosphoric ester groups is 1. The number of phosphoric acid groups is 1. The molecule has 8 rings (SSSR count). The summed E-state index contributed by atoms with van der Waals surface area (Å²) < 4.78 is 102. The highest BCUT2D eigenvalue weighted by atomic mass is 32.7. The van der Waals surface area contributed by atoms with Crippen LogP contribution in [0, 0.1) is 0 Å². The Morgan fingerprint density at radius 2 is 1.64 bits per heavy atom. The molecule has 26 heteroatoms. The Morgan fingerprint density at radius 1 is 0.915 bits per heavy atom. The molecule has 3 aliphatic heterocycles. The van der Waals surface area contributed by atoms with Crippen molar-refractivity contribution in [2.75, 3.05) is 18.9 Å². The monoisotopic (exact) mass is 881 g/mol. The SMILES string of the molecule is Nc1ncnc2c1ncn2[C@@H]1OC2COP(=O)(SCc3ccc(OC(=O)c4ccc(O)cc4)cc3)O[C@@H]3[C@H](F)[C@@H](COP(=O)(O)O[C@H]2[C@H]1F)O[C@H]3n1ccc(=O)[nH]c1=O. The number of phenolic OH excluding ortho intramolecular Hbond substituents is 1. The van der Waals surface area contributed by atoms with Crippen molar-refractivity contribution in [1.82, 2.24) is 29.1 Å². The Balaban J connectivity index is 1.09. The molecule has 0 amide bonds. The predicted octanol–water partition coefficient (Wildman–Crippen LogP) is 3.31. The molecule has 312 valence electrons. The molecule has 3 aliphatic rings. The summed E-state index contributed by atoms with van der Waals surface area (Å²) in [6.07, 6.45) is -11.9. The van der Waals surface area contributed by atoms with Gasteiger partial charge in [0.15, 0.2) is 36.3 Å². The van der Waals surface area contributed by atoms with Crippen molar-refractivity contribution in [3.63, 3.8) is 0 Å². The topological polar surface area (TPSA) is 281 Å². The maximum absolute atomic E-state index is 16.4. The lowest BCUT2D eigenvalue weighted by Gasteiger charge is -2.27. The third kappa shape index (κ3) is 8.59. The first-order valence-corrected chi connectivity index (χ1v) is 22.0. The molecule has 2 bridgehead atoms. The average molecular weight is 882 g/mol. The summed E-state index contributed by atoms with van der Waals surface area (Å²) in [6, 6.07) is 12.3. The van der Waals surface area contributed by atoms with E-state index in [0.29, 0.717) is 16.9 Å². The minimum atomic E-state index is -5.27. The number of aromatic amines is 1. The number of H-pyrrole nitrogens is 1. The van der Waals surface area contributed by atoms with Crippen LogP contribution in [0.1, 0.15) is 28.4 Å². The number of halogens is 2. The number of phenols is 1. The molecule has 21 nitrogen and oxygen atoms in total. The van der Waals surface area contributed by atoms with Gasteiger partial charge in [-0.05, 0) is 53.3 Å². The summed E-state index contributed by atoms with van der Waals surface area (Å²) in [7, 11) is -5.27. The van der Waals surface area contributed by atoms with E-state index in [1.807, 2.05) is 4.98 Å². The van der Waals surface area contributed by atoms with Gasteiger partial charge in [0.05, 0.1) is 25.1 Å². The number of fused-ring (bicyclic) bond motifs is 4. The van der Waals surface area contributed by atoms with Crippen LogP contribution in [0.2, 0.25) is 0 Å². The highest BCUT2D eigenvalue weighted by molar-refractivity contribution is 8.54. The quantitative estimate of drug-likeness (QED) is 0.104. The standard InChI is InChI=1S/C33H31F2N7O14P2S/c34-23-20-11-50-57(47,48)55-26-21(54-30(24(26)35)42-15-39-25-28(36)37-14-38-29(25)42)12-51-58(49,56-27(23)31(53-20)41-10-9-22(44)40-33(41)46)59-13-16-1-7-19(8-2-16)52-32(45)17-3-5-18(43)6-4-17/h1-10,14-15,20-21,23-24,26-27,30-31,43H,11-13H2,(H,47,48)(H2,36,37,38)(H,40,44,46)/t20-,21?,23-,24-,26-,27-,30-,31-,58?/m1/s1. The minimum Gasteiger partial charge on any atom is -0.508 e. The van der Waals surface area contributed by atoms with Crippen LogP contribution in [0.3, 0.4) is 0 Å². The molecular formula is C33H31F2N7O14P2S. The van der Waals surface area contributed by atoms with Gasteiger partial charge in [-0.3, -0.25) is 37.0 Å². The van der Waals surface area contributed by atoms with Crippen molar-refractivity contribution < 1.29 is 65.0 Å². The number of anilines is 1. The molecule has 0 spiro atoms. The Hall–Kier alpha value is -4.87. The van der Waals surface area contributed by atoms with Crippen LogP contribution in [0.5, 0.6) is 11.5 Å². The van der Waals surface area contributed by atoms with Gasteiger partial charge in [-0.2, -0.15) is 0 Å². The number of aromatic hydroxyl groups is 1. The van der Waals surface area contributed by atoms with Crippen molar-refractivity contribution in [3.8, 4) is 11.5 Å². The molecule has 59 heavy (non-hydrogen) atoms. The number of nitrogens with one attached hydrogen (secondary N) is 1. The molecule has 3 saturated heterocycles. The number of imidazole rings is 1. The fraction of sp³-hybridized carbons (Fsp3) is 0.333. The zero-order valence-electron chi connectivity index (χ0n) is 29.8. The van der Waals surface area contributed by atoms with Gasteiger partial charge in [0.2, 0.25) is 0 Å². The van der Waals surface area contributed by atoms with Crippen molar-refractivity contribution in [3.05, 3.63) is 105 Å². The second-order valence-corrected chi connectivity index (χ2v) is 18.6. The van der Waals surface area contributed by atoms with E-state index in [-0.39, 0.29) is 39.8 Å². The third-order valence-corrected chi connectivity index (χ3v) is 13.9. The molecule has 5 aromatic rings. The maximum Gasteiger partial charge on any atom is 0.472 e. The Bertz CT molecular complexity index is 2590. The van der Waals surface area contributed by atoms with Crippen molar-refractivity contribution >= 4 is 49.0 Å². The fourth-order valence-corrected chi connectivity index (χ4v) is 10.7. The summed E-state index contributed by atoms with van der Waals surface area (Å²) in [6.45, 7) is -6.55. The van der Waals surface area contributed by atoms with Gasteiger partial charge in [0.25, 0.3) is 5.56 Å². The first-order chi connectivity index (χ1) is 28.2. The molecule has 10 atom stereocenters. The van der Waals surface area contributed by atoms with E-state index in [0.717, 1.165) is 34.1 Å². The molecule has 5 N–H and O–H groups in total. The van der Waals surface area contributed by atoms with Gasteiger partial charge in [0.1, 0.15) is 47.8 Å². The van der Waals surface area contributed by atoms with Crippen LogP contribution >= 0.6 is 26.0 Å². The average Bonchev–Trinajstić information content (AvgIpc) is 3.86. The zero-order valence-corrected chi connectivity index (χ0v) is 32.4. The molecule has 2 aromatic carbocycles.